The van der Waals surface area contributed by atoms with E-state index in [2.05, 4.69) is 15.9 Å². The van der Waals surface area contributed by atoms with Gasteiger partial charge in [0, 0.05) is 5.88 Å². The van der Waals surface area contributed by atoms with Crippen molar-refractivity contribution in [1.82, 2.24) is 0 Å². The SMILES string of the molecule is COc1ccc(OCCCCl)cc1Br. The lowest BCUT2D eigenvalue weighted by atomic mass is 10.3. The summed E-state index contributed by atoms with van der Waals surface area (Å²) in [6, 6.07) is 5.62. The van der Waals surface area contributed by atoms with Gasteiger partial charge in [0.1, 0.15) is 11.5 Å². The molecule has 14 heavy (non-hydrogen) atoms. The lowest BCUT2D eigenvalue weighted by Gasteiger charge is -2.07. The van der Waals surface area contributed by atoms with Gasteiger partial charge in [-0.1, -0.05) is 0 Å². The highest BCUT2D eigenvalue weighted by molar-refractivity contribution is 9.10. The number of halogens is 2. The van der Waals surface area contributed by atoms with E-state index in [9.17, 15) is 0 Å². The fourth-order valence-electron chi connectivity index (χ4n) is 0.981. The first kappa shape index (κ1) is 11.7. The first-order valence-electron chi connectivity index (χ1n) is 4.30. The van der Waals surface area contributed by atoms with Crippen molar-refractivity contribution in [3.63, 3.8) is 0 Å². The van der Waals surface area contributed by atoms with Gasteiger partial charge < -0.3 is 9.47 Å². The van der Waals surface area contributed by atoms with Crippen molar-refractivity contribution >= 4 is 27.5 Å². The Labute approximate surface area is 97.3 Å². The molecule has 0 saturated heterocycles. The number of methoxy groups -OCH3 is 1. The number of hydrogen-bond acceptors (Lipinski definition) is 2. The van der Waals surface area contributed by atoms with Gasteiger partial charge in [-0.05, 0) is 40.5 Å². The van der Waals surface area contributed by atoms with Crippen molar-refractivity contribution in [2.24, 2.45) is 0 Å². The highest BCUT2D eigenvalue weighted by Crippen LogP contribution is 2.28. The normalized spacial score (nSPS) is 9.93. The van der Waals surface area contributed by atoms with Crippen molar-refractivity contribution in [3.05, 3.63) is 22.7 Å². The van der Waals surface area contributed by atoms with Crippen molar-refractivity contribution in [2.75, 3.05) is 19.6 Å². The van der Waals surface area contributed by atoms with Gasteiger partial charge in [0.15, 0.2) is 0 Å². The van der Waals surface area contributed by atoms with E-state index in [1.54, 1.807) is 7.11 Å². The quantitative estimate of drug-likeness (QED) is 0.607. The average Bonchev–Trinajstić information content (AvgIpc) is 2.18. The van der Waals surface area contributed by atoms with Crippen LogP contribution in [0.3, 0.4) is 0 Å². The topological polar surface area (TPSA) is 18.5 Å². The van der Waals surface area contributed by atoms with Crippen LogP contribution in [-0.2, 0) is 0 Å². The Morgan fingerprint density at radius 2 is 2.21 bits per heavy atom. The zero-order chi connectivity index (χ0) is 10.4. The Morgan fingerprint density at radius 1 is 1.43 bits per heavy atom. The molecule has 0 amide bonds. The Balaban J connectivity index is 2.57. The van der Waals surface area contributed by atoms with Crippen LogP contribution in [0.4, 0.5) is 0 Å². The molecule has 0 atom stereocenters. The van der Waals surface area contributed by atoms with Crippen LogP contribution in [0.1, 0.15) is 6.42 Å². The highest BCUT2D eigenvalue weighted by atomic mass is 79.9. The first-order valence-corrected chi connectivity index (χ1v) is 5.63. The van der Waals surface area contributed by atoms with E-state index in [1.165, 1.54) is 0 Å². The second kappa shape index (κ2) is 6.14. The number of alkyl halides is 1. The largest absolute Gasteiger partial charge is 0.496 e. The molecular weight excluding hydrogens is 267 g/mol. The van der Waals surface area contributed by atoms with E-state index < -0.39 is 0 Å². The van der Waals surface area contributed by atoms with Gasteiger partial charge >= 0.3 is 0 Å². The summed E-state index contributed by atoms with van der Waals surface area (Å²) >= 11 is 8.92. The van der Waals surface area contributed by atoms with Crippen LogP contribution in [0.5, 0.6) is 11.5 Å². The molecule has 0 aliphatic rings. The first-order chi connectivity index (χ1) is 6.77. The van der Waals surface area contributed by atoms with E-state index >= 15 is 0 Å². The van der Waals surface area contributed by atoms with Gasteiger partial charge in [0.25, 0.3) is 0 Å². The average molecular weight is 280 g/mol. The Hall–Kier alpha value is -0.410. The van der Waals surface area contributed by atoms with Gasteiger partial charge in [0.2, 0.25) is 0 Å². The molecule has 0 unspecified atom stereocenters. The van der Waals surface area contributed by atoms with E-state index in [0.29, 0.717) is 12.5 Å². The Bertz CT molecular complexity index is 291. The minimum atomic E-state index is 0.622. The summed E-state index contributed by atoms with van der Waals surface area (Å²) in [5.74, 6) is 2.25. The third-order valence-corrected chi connectivity index (χ3v) is 2.56. The molecule has 0 N–H and O–H groups in total. The molecule has 0 bridgehead atoms. The second-order valence-electron chi connectivity index (χ2n) is 2.69. The number of hydrogen-bond donors (Lipinski definition) is 0. The third-order valence-electron chi connectivity index (χ3n) is 1.67. The molecular formula is C10H12BrClO2. The summed E-state index contributed by atoms with van der Waals surface area (Å²) in [5.41, 5.74) is 0. The maximum Gasteiger partial charge on any atom is 0.133 e. The maximum absolute atomic E-state index is 5.54. The molecule has 0 aliphatic heterocycles. The van der Waals surface area contributed by atoms with Crippen molar-refractivity contribution < 1.29 is 9.47 Å². The highest BCUT2D eigenvalue weighted by Gasteiger charge is 2.01. The molecule has 0 spiro atoms. The number of benzene rings is 1. The standard InChI is InChI=1S/C10H12BrClO2/c1-13-10-4-3-8(7-9(10)11)14-6-2-5-12/h3-4,7H,2,5-6H2,1H3. The summed E-state index contributed by atoms with van der Waals surface area (Å²) in [4.78, 5) is 0. The molecule has 0 radical (unpaired) electrons. The smallest absolute Gasteiger partial charge is 0.133 e. The monoisotopic (exact) mass is 278 g/mol. The van der Waals surface area contributed by atoms with E-state index in [-0.39, 0.29) is 0 Å². The fourth-order valence-corrected chi connectivity index (χ4v) is 1.61. The predicted molar refractivity (Wildman–Crippen MR) is 61.5 cm³/mol. The molecule has 4 heteroatoms. The molecule has 1 rings (SSSR count). The Kier molecular flexibility index (Phi) is 5.12. The molecule has 0 aliphatic carbocycles. The predicted octanol–water partition coefficient (Wildman–Crippen LogP) is 3.47. The van der Waals surface area contributed by atoms with Crippen LogP contribution in [0, 0.1) is 0 Å². The molecule has 78 valence electrons. The van der Waals surface area contributed by atoms with Crippen LogP contribution < -0.4 is 9.47 Å². The lowest BCUT2D eigenvalue weighted by Crippen LogP contribution is -1.97. The second-order valence-corrected chi connectivity index (χ2v) is 3.92. The molecule has 2 nitrogen and oxygen atoms in total. The summed E-state index contributed by atoms with van der Waals surface area (Å²) < 4.78 is 11.5. The van der Waals surface area contributed by atoms with Gasteiger partial charge in [0.05, 0.1) is 18.2 Å². The summed E-state index contributed by atoms with van der Waals surface area (Å²) in [5, 5.41) is 0. The van der Waals surface area contributed by atoms with Crippen LogP contribution >= 0.6 is 27.5 Å². The zero-order valence-electron chi connectivity index (χ0n) is 7.93. The van der Waals surface area contributed by atoms with Crippen molar-refractivity contribution in [1.29, 1.82) is 0 Å². The molecule has 1 aromatic carbocycles. The summed E-state index contributed by atoms with van der Waals surface area (Å²) in [7, 11) is 1.63. The molecule has 0 saturated carbocycles. The molecule has 0 aromatic heterocycles. The lowest BCUT2D eigenvalue weighted by molar-refractivity contribution is 0.317. The minimum Gasteiger partial charge on any atom is -0.496 e. The van der Waals surface area contributed by atoms with Gasteiger partial charge in [-0.15, -0.1) is 11.6 Å². The summed E-state index contributed by atoms with van der Waals surface area (Å²) in [6.45, 7) is 0.641. The van der Waals surface area contributed by atoms with E-state index in [0.717, 1.165) is 22.4 Å². The maximum atomic E-state index is 5.54. The van der Waals surface area contributed by atoms with Crippen LogP contribution in [0.2, 0.25) is 0 Å². The van der Waals surface area contributed by atoms with Crippen LogP contribution in [-0.4, -0.2) is 19.6 Å². The van der Waals surface area contributed by atoms with Crippen molar-refractivity contribution in [3.8, 4) is 11.5 Å². The van der Waals surface area contributed by atoms with E-state index in [4.69, 9.17) is 21.1 Å². The minimum absolute atomic E-state index is 0.622. The van der Waals surface area contributed by atoms with Gasteiger partial charge in [-0.2, -0.15) is 0 Å². The molecule has 0 fully saturated rings. The van der Waals surface area contributed by atoms with Crippen LogP contribution in [0.25, 0.3) is 0 Å². The van der Waals surface area contributed by atoms with E-state index in [1.807, 2.05) is 18.2 Å². The third kappa shape index (κ3) is 3.39. The fraction of sp³-hybridized carbons (Fsp3) is 0.400. The van der Waals surface area contributed by atoms with Gasteiger partial charge in [-0.25, -0.2) is 0 Å². The van der Waals surface area contributed by atoms with Gasteiger partial charge in [-0.3, -0.25) is 0 Å². The zero-order valence-corrected chi connectivity index (χ0v) is 10.3. The van der Waals surface area contributed by atoms with Crippen LogP contribution in [0.15, 0.2) is 22.7 Å². The number of rotatable bonds is 5. The molecule has 1 aromatic rings. The Morgan fingerprint density at radius 3 is 2.79 bits per heavy atom. The van der Waals surface area contributed by atoms with Crippen molar-refractivity contribution in [2.45, 2.75) is 6.42 Å². The molecule has 0 heterocycles. The summed E-state index contributed by atoms with van der Waals surface area (Å²) in [6.07, 6.45) is 0.852. The number of ether oxygens (including phenoxy) is 2.